The average Bonchev–Trinajstić information content (AvgIpc) is 2.67. The zero-order valence-corrected chi connectivity index (χ0v) is 7.09. The predicted octanol–water partition coefficient (Wildman–Crippen LogP) is 0.726. The molecule has 0 aliphatic heterocycles. The molecule has 0 unspecified atom stereocenters. The average molecular weight is 174 g/mol. The first-order valence-corrected chi connectivity index (χ1v) is 4.07. The van der Waals surface area contributed by atoms with Crippen molar-refractivity contribution in [1.29, 1.82) is 0 Å². The number of aromatic nitrogens is 3. The highest BCUT2D eigenvalue weighted by Gasteiger charge is 1.98. The summed E-state index contributed by atoms with van der Waals surface area (Å²) in [5.74, 6) is 0. The van der Waals surface area contributed by atoms with E-state index in [0.29, 0.717) is 6.54 Å². The minimum atomic E-state index is 0.423. The number of para-hydroxylation sites is 1. The second-order valence-electron chi connectivity index (χ2n) is 2.69. The lowest BCUT2D eigenvalue weighted by Gasteiger charge is -1.96. The van der Waals surface area contributed by atoms with Crippen LogP contribution in [0.2, 0.25) is 0 Å². The summed E-state index contributed by atoms with van der Waals surface area (Å²) >= 11 is 0. The molecule has 0 spiro atoms. The van der Waals surface area contributed by atoms with Gasteiger partial charge >= 0.3 is 0 Å². The van der Waals surface area contributed by atoms with E-state index in [1.807, 2.05) is 36.5 Å². The number of hydrogen-bond donors (Lipinski definition) is 1. The lowest BCUT2D eigenvalue weighted by molar-refractivity contribution is 0.797. The fourth-order valence-electron chi connectivity index (χ4n) is 1.10. The van der Waals surface area contributed by atoms with Crippen LogP contribution in [0.1, 0.15) is 5.69 Å². The van der Waals surface area contributed by atoms with Crippen molar-refractivity contribution in [2.75, 3.05) is 0 Å². The molecule has 0 radical (unpaired) electrons. The topological polar surface area (TPSA) is 56.7 Å². The van der Waals surface area contributed by atoms with Gasteiger partial charge in [0.05, 0.1) is 17.6 Å². The van der Waals surface area contributed by atoms with Crippen molar-refractivity contribution in [3.05, 3.63) is 42.2 Å². The van der Waals surface area contributed by atoms with E-state index >= 15 is 0 Å². The summed E-state index contributed by atoms with van der Waals surface area (Å²) in [6.07, 6.45) is 1.83. The van der Waals surface area contributed by atoms with Crippen LogP contribution < -0.4 is 5.73 Å². The fraction of sp³-hybridized carbons (Fsp3) is 0.111. The lowest BCUT2D eigenvalue weighted by Crippen LogP contribution is -1.95. The van der Waals surface area contributed by atoms with Gasteiger partial charge in [-0.1, -0.05) is 23.4 Å². The van der Waals surface area contributed by atoms with Gasteiger partial charge in [0.1, 0.15) is 0 Å². The van der Waals surface area contributed by atoms with Crippen LogP contribution in [0.15, 0.2) is 36.5 Å². The molecule has 0 amide bonds. The molecule has 0 fully saturated rings. The Kier molecular flexibility index (Phi) is 2.06. The molecular formula is C9H10N4. The monoisotopic (exact) mass is 174 g/mol. The van der Waals surface area contributed by atoms with Crippen LogP contribution in [0.25, 0.3) is 5.69 Å². The minimum Gasteiger partial charge on any atom is -0.325 e. The highest BCUT2D eigenvalue weighted by Crippen LogP contribution is 2.04. The quantitative estimate of drug-likeness (QED) is 0.730. The van der Waals surface area contributed by atoms with Gasteiger partial charge in [-0.3, -0.25) is 0 Å². The molecule has 0 saturated carbocycles. The lowest BCUT2D eigenvalue weighted by atomic mass is 10.3. The molecule has 0 aliphatic rings. The number of benzene rings is 1. The zero-order valence-electron chi connectivity index (χ0n) is 7.09. The molecule has 1 aromatic carbocycles. The summed E-state index contributed by atoms with van der Waals surface area (Å²) in [6, 6.07) is 9.81. The van der Waals surface area contributed by atoms with Crippen molar-refractivity contribution in [2.45, 2.75) is 6.54 Å². The van der Waals surface area contributed by atoms with Crippen molar-refractivity contribution in [1.82, 2.24) is 15.0 Å². The number of nitrogens with zero attached hydrogens (tertiary/aromatic N) is 3. The molecule has 2 N–H and O–H groups in total. The van der Waals surface area contributed by atoms with Gasteiger partial charge in [0.2, 0.25) is 0 Å². The van der Waals surface area contributed by atoms with Gasteiger partial charge in [0.15, 0.2) is 0 Å². The van der Waals surface area contributed by atoms with Gasteiger partial charge in [0, 0.05) is 6.54 Å². The maximum Gasteiger partial charge on any atom is 0.0967 e. The first kappa shape index (κ1) is 7.94. The molecule has 0 saturated heterocycles. The Morgan fingerprint density at radius 1 is 1.23 bits per heavy atom. The Hall–Kier alpha value is -1.68. The second kappa shape index (κ2) is 3.37. The molecule has 0 atom stereocenters. The third kappa shape index (κ3) is 1.57. The largest absolute Gasteiger partial charge is 0.325 e. The summed E-state index contributed by atoms with van der Waals surface area (Å²) in [5, 5.41) is 7.84. The van der Waals surface area contributed by atoms with E-state index in [1.54, 1.807) is 4.68 Å². The van der Waals surface area contributed by atoms with Crippen molar-refractivity contribution in [2.24, 2.45) is 5.73 Å². The zero-order chi connectivity index (χ0) is 9.10. The molecule has 1 aromatic heterocycles. The smallest absolute Gasteiger partial charge is 0.0967 e. The van der Waals surface area contributed by atoms with E-state index in [1.165, 1.54) is 0 Å². The highest BCUT2D eigenvalue weighted by atomic mass is 15.4. The number of nitrogens with two attached hydrogens (primary N) is 1. The summed E-state index contributed by atoms with van der Waals surface area (Å²) in [7, 11) is 0. The Labute approximate surface area is 76.0 Å². The molecule has 13 heavy (non-hydrogen) atoms. The van der Waals surface area contributed by atoms with Crippen LogP contribution in [0.5, 0.6) is 0 Å². The Morgan fingerprint density at radius 2 is 2.00 bits per heavy atom. The van der Waals surface area contributed by atoms with Crippen LogP contribution in [0.4, 0.5) is 0 Å². The van der Waals surface area contributed by atoms with E-state index in [4.69, 9.17) is 5.73 Å². The van der Waals surface area contributed by atoms with E-state index in [2.05, 4.69) is 10.3 Å². The van der Waals surface area contributed by atoms with Gasteiger partial charge in [-0.25, -0.2) is 4.68 Å². The molecule has 4 nitrogen and oxygen atoms in total. The summed E-state index contributed by atoms with van der Waals surface area (Å²) in [5.41, 5.74) is 7.22. The maximum absolute atomic E-state index is 5.43. The van der Waals surface area contributed by atoms with Gasteiger partial charge in [-0.2, -0.15) is 0 Å². The minimum absolute atomic E-state index is 0.423. The van der Waals surface area contributed by atoms with Crippen LogP contribution in [-0.2, 0) is 6.54 Å². The van der Waals surface area contributed by atoms with Gasteiger partial charge in [-0.15, -0.1) is 5.10 Å². The van der Waals surface area contributed by atoms with Crippen LogP contribution in [0.3, 0.4) is 0 Å². The normalized spacial score (nSPS) is 10.2. The molecule has 0 bridgehead atoms. The van der Waals surface area contributed by atoms with E-state index in [9.17, 15) is 0 Å². The summed E-state index contributed by atoms with van der Waals surface area (Å²) in [4.78, 5) is 0. The van der Waals surface area contributed by atoms with E-state index in [-0.39, 0.29) is 0 Å². The molecule has 2 rings (SSSR count). The van der Waals surface area contributed by atoms with Crippen molar-refractivity contribution in [3.8, 4) is 5.69 Å². The Morgan fingerprint density at radius 3 is 2.62 bits per heavy atom. The predicted molar refractivity (Wildman–Crippen MR) is 49.3 cm³/mol. The standard InChI is InChI=1S/C9H10N4/c10-6-8-7-13(12-11-8)9-4-2-1-3-5-9/h1-5,7H,6,10H2. The van der Waals surface area contributed by atoms with Crippen LogP contribution in [0, 0.1) is 0 Å². The van der Waals surface area contributed by atoms with Crippen LogP contribution >= 0.6 is 0 Å². The van der Waals surface area contributed by atoms with Crippen molar-refractivity contribution < 1.29 is 0 Å². The van der Waals surface area contributed by atoms with E-state index in [0.717, 1.165) is 11.4 Å². The van der Waals surface area contributed by atoms with Gasteiger partial charge in [0.25, 0.3) is 0 Å². The fourth-order valence-corrected chi connectivity index (χ4v) is 1.10. The first-order chi connectivity index (χ1) is 6.40. The Balaban J connectivity index is 2.36. The molecule has 1 heterocycles. The molecule has 2 aromatic rings. The third-order valence-electron chi connectivity index (χ3n) is 1.77. The summed E-state index contributed by atoms with van der Waals surface area (Å²) < 4.78 is 1.71. The second-order valence-corrected chi connectivity index (χ2v) is 2.69. The highest BCUT2D eigenvalue weighted by molar-refractivity contribution is 5.29. The SMILES string of the molecule is NCc1cn(-c2ccccc2)nn1. The third-order valence-corrected chi connectivity index (χ3v) is 1.77. The van der Waals surface area contributed by atoms with Gasteiger partial charge in [-0.05, 0) is 12.1 Å². The number of hydrogen-bond acceptors (Lipinski definition) is 3. The van der Waals surface area contributed by atoms with Crippen molar-refractivity contribution in [3.63, 3.8) is 0 Å². The van der Waals surface area contributed by atoms with E-state index < -0.39 is 0 Å². The number of rotatable bonds is 2. The summed E-state index contributed by atoms with van der Waals surface area (Å²) in [6.45, 7) is 0.423. The maximum atomic E-state index is 5.43. The molecule has 66 valence electrons. The first-order valence-electron chi connectivity index (χ1n) is 4.07. The van der Waals surface area contributed by atoms with Gasteiger partial charge < -0.3 is 5.73 Å². The van der Waals surface area contributed by atoms with Crippen LogP contribution in [-0.4, -0.2) is 15.0 Å². The molecule has 4 heteroatoms. The Bertz CT molecular complexity index is 380. The molecular weight excluding hydrogens is 164 g/mol. The van der Waals surface area contributed by atoms with Crippen molar-refractivity contribution >= 4 is 0 Å². The molecule has 0 aliphatic carbocycles.